The van der Waals surface area contributed by atoms with Crippen molar-refractivity contribution in [1.29, 1.82) is 0 Å². The molecule has 0 bridgehead atoms. The van der Waals surface area contributed by atoms with E-state index in [2.05, 4.69) is 5.32 Å². The molecule has 3 rings (SSSR count). The maximum absolute atomic E-state index is 13.8. The minimum Gasteiger partial charge on any atom is -0.478 e. The summed E-state index contributed by atoms with van der Waals surface area (Å²) in [5.74, 6) is -2.74. The highest BCUT2D eigenvalue weighted by atomic mass is 35.5. The van der Waals surface area contributed by atoms with Gasteiger partial charge in [-0.2, -0.15) is 0 Å². The molecule has 0 radical (unpaired) electrons. The summed E-state index contributed by atoms with van der Waals surface area (Å²) in [5, 5.41) is 14.4. The Labute approximate surface area is 161 Å². The van der Waals surface area contributed by atoms with Crippen molar-refractivity contribution in [3.05, 3.63) is 74.8 Å². The van der Waals surface area contributed by atoms with Crippen LogP contribution in [0, 0.1) is 5.82 Å². The third-order valence-corrected chi connectivity index (χ3v) is 4.94. The number of aromatic carboxylic acids is 1. The summed E-state index contributed by atoms with van der Waals surface area (Å²) in [7, 11) is 0. The third-order valence-electron chi connectivity index (χ3n) is 3.56. The molecule has 0 fully saturated rings. The molecule has 0 aliphatic heterocycles. The third kappa shape index (κ3) is 3.72. The monoisotopic (exact) mass is 409 g/mol. The molecule has 8 heteroatoms. The van der Waals surface area contributed by atoms with E-state index in [1.165, 1.54) is 12.1 Å². The van der Waals surface area contributed by atoms with Gasteiger partial charge in [0.1, 0.15) is 16.4 Å². The summed E-state index contributed by atoms with van der Waals surface area (Å²) in [6, 6.07) is 10.2. The van der Waals surface area contributed by atoms with Crippen LogP contribution in [0.1, 0.15) is 20.7 Å². The van der Waals surface area contributed by atoms with Crippen LogP contribution in [0.15, 0.2) is 47.8 Å². The smallest absolute Gasteiger partial charge is 0.339 e. The number of carbonyl (C=O) groups is 2. The van der Waals surface area contributed by atoms with Gasteiger partial charge in [0, 0.05) is 21.0 Å². The number of hydrogen-bond acceptors (Lipinski definition) is 3. The Bertz CT molecular complexity index is 1000. The first kappa shape index (κ1) is 18.4. The van der Waals surface area contributed by atoms with E-state index in [4.69, 9.17) is 23.2 Å². The first-order valence-corrected chi connectivity index (χ1v) is 8.87. The second kappa shape index (κ2) is 7.45. The van der Waals surface area contributed by atoms with Gasteiger partial charge in [-0.15, -0.1) is 11.3 Å². The molecule has 0 aliphatic rings. The van der Waals surface area contributed by atoms with Gasteiger partial charge in [0.15, 0.2) is 0 Å². The summed E-state index contributed by atoms with van der Waals surface area (Å²) in [6.07, 6.45) is 0. The van der Waals surface area contributed by atoms with Gasteiger partial charge in [0.05, 0.1) is 5.56 Å². The number of halogens is 3. The van der Waals surface area contributed by atoms with Crippen LogP contribution in [0.5, 0.6) is 0 Å². The molecule has 0 saturated heterocycles. The summed E-state index contributed by atoms with van der Waals surface area (Å²) in [5.41, 5.74) is 0.724. The Morgan fingerprint density at radius 2 is 1.69 bits per heavy atom. The van der Waals surface area contributed by atoms with Gasteiger partial charge < -0.3 is 10.4 Å². The number of nitrogens with one attached hydrogen (secondary N) is 1. The summed E-state index contributed by atoms with van der Waals surface area (Å²) in [6.45, 7) is 0. The molecule has 2 N–H and O–H groups in total. The average Bonchev–Trinajstić information content (AvgIpc) is 3.01. The minimum absolute atomic E-state index is 0.0758. The van der Waals surface area contributed by atoms with E-state index in [1.54, 1.807) is 29.6 Å². The Hall–Kier alpha value is -2.41. The van der Waals surface area contributed by atoms with Crippen LogP contribution in [-0.4, -0.2) is 17.0 Å². The average molecular weight is 410 g/mol. The van der Waals surface area contributed by atoms with E-state index in [0.717, 1.165) is 17.4 Å². The number of carbonyl (C=O) groups excluding carboxylic acids is 1. The van der Waals surface area contributed by atoms with Crippen LogP contribution in [-0.2, 0) is 0 Å². The van der Waals surface area contributed by atoms with E-state index in [0.29, 0.717) is 16.1 Å². The van der Waals surface area contributed by atoms with Crippen LogP contribution in [0.3, 0.4) is 0 Å². The highest BCUT2D eigenvalue weighted by molar-refractivity contribution is 7.15. The Morgan fingerprint density at radius 3 is 2.35 bits per heavy atom. The number of carboxylic acid groups (broad SMARTS) is 1. The quantitative estimate of drug-likeness (QED) is 0.570. The predicted octanol–water partition coefficient (Wildman–Crippen LogP) is 5.81. The van der Waals surface area contributed by atoms with Gasteiger partial charge in [0.2, 0.25) is 0 Å². The summed E-state index contributed by atoms with van der Waals surface area (Å²) < 4.78 is 13.8. The van der Waals surface area contributed by atoms with E-state index >= 15 is 0 Å². The molecule has 4 nitrogen and oxygen atoms in total. The van der Waals surface area contributed by atoms with Crippen molar-refractivity contribution in [1.82, 2.24) is 0 Å². The second-order valence-corrected chi connectivity index (χ2v) is 7.00. The topological polar surface area (TPSA) is 66.4 Å². The molecule has 26 heavy (non-hydrogen) atoms. The van der Waals surface area contributed by atoms with Crippen molar-refractivity contribution in [3.63, 3.8) is 0 Å². The van der Waals surface area contributed by atoms with Crippen molar-refractivity contribution < 1.29 is 19.1 Å². The Morgan fingerprint density at radius 1 is 1.04 bits per heavy atom. The highest BCUT2D eigenvalue weighted by Gasteiger charge is 2.22. The van der Waals surface area contributed by atoms with Gasteiger partial charge in [0.25, 0.3) is 5.91 Å². The van der Waals surface area contributed by atoms with Gasteiger partial charge in [-0.1, -0.05) is 35.3 Å². The zero-order valence-corrected chi connectivity index (χ0v) is 15.3. The van der Waals surface area contributed by atoms with E-state index in [-0.39, 0.29) is 21.2 Å². The molecule has 0 unspecified atom stereocenters. The largest absolute Gasteiger partial charge is 0.478 e. The highest BCUT2D eigenvalue weighted by Crippen LogP contribution is 2.36. The van der Waals surface area contributed by atoms with Crippen LogP contribution in [0.25, 0.3) is 11.1 Å². The van der Waals surface area contributed by atoms with E-state index < -0.39 is 17.7 Å². The Kier molecular flexibility index (Phi) is 5.27. The van der Waals surface area contributed by atoms with Crippen molar-refractivity contribution in [2.75, 3.05) is 5.32 Å². The zero-order chi connectivity index (χ0) is 18.8. The number of benzene rings is 2. The first-order chi connectivity index (χ1) is 12.4. The predicted molar refractivity (Wildman–Crippen MR) is 101 cm³/mol. The number of hydrogen-bond donors (Lipinski definition) is 2. The lowest BCUT2D eigenvalue weighted by atomic mass is 10.0. The fraction of sp³-hybridized carbons (Fsp3) is 0. The van der Waals surface area contributed by atoms with Crippen LogP contribution >= 0.6 is 34.5 Å². The molecule has 1 amide bonds. The number of rotatable bonds is 4. The van der Waals surface area contributed by atoms with Crippen molar-refractivity contribution in [2.24, 2.45) is 0 Å². The molecule has 2 aromatic carbocycles. The van der Waals surface area contributed by atoms with Crippen molar-refractivity contribution >= 4 is 51.4 Å². The van der Waals surface area contributed by atoms with Gasteiger partial charge in [-0.05, 0) is 35.9 Å². The number of anilines is 1. The molecule has 0 aliphatic carbocycles. The fourth-order valence-corrected chi connectivity index (χ4v) is 3.60. The molecule has 0 spiro atoms. The second-order valence-electron chi connectivity index (χ2n) is 5.24. The summed E-state index contributed by atoms with van der Waals surface area (Å²) in [4.78, 5) is 24.1. The fourth-order valence-electron chi connectivity index (χ4n) is 2.35. The molecule has 0 saturated carbocycles. The lowest BCUT2D eigenvalue weighted by molar-refractivity contribution is 0.0699. The van der Waals surface area contributed by atoms with Gasteiger partial charge in [-0.3, -0.25) is 4.79 Å². The molecule has 1 aromatic heterocycles. The number of carboxylic acids is 1. The van der Waals surface area contributed by atoms with Gasteiger partial charge >= 0.3 is 5.97 Å². The molecular weight excluding hydrogens is 400 g/mol. The first-order valence-electron chi connectivity index (χ1n) is 7.24. The van der Waals surface area contributed by atoms with Crippen molar-refractivity contribution in [3.8, 4) is 11.1 Å². The van der Waals surface area contributed by atoms with E-state index in [1.807, 2.05) is 0 Å². The van der Waals surface area contributed by atoms with Crippen LogP contribution < -0.4 is 5.32 Å². The lowest BCUT2D eigenvalue weighted by Crippen LogP contribution is -2.15. The lowest BCUT2D eigenvalue weighted by Gasteiger charge is -2.07. The molecule has 3 aromatic rings. The van der Waals surface area contributed by atoms with Crippen LogP contribution in [0.2, 0.25) is 10.0 Å². The standard InChI is InChI=1S/C18H10Cl2FNO3S/c19-10-3-1-9(2-4-10)13-8-26-17(15(13)18(24)25)22-16(23)12-7-11(20)5-6-14(12)21/h1-8H,(H,22,23)(H,24,25). The van der Waals surface area contributed by atoms with Crippen LogP contribution in [0.4, 0.5) is 9.39 Å². The minimum atomic E-state index is -1.21. The maximum atomic E-state index is 13.8. The SMILES string of the molecule is O=C(Nc1scc(-c2ccc(Cl)cc2)c1C(=O)O)c1cc(Cl)ccc1F. The number of thiophene rings is 1. The normalized spacial score (nSPS) is 10.6. The van der Waals surface area contributed by atoms with Gasteiger partial charge in [-0.25, -0.2) is 9.18 Å². The molecule has 132 valence electrons. The number of amides is 1. The van der Waals surface area contributed by atoms with Crippen molar-refractivity contribution in [2.45, 2.75) is 0 Å². The Balaban J connectivity index is 1.98. The van der Waals surface area contributed by atoms with E-state index in [9.17, 15) is 19.1 Å². The zero-order valence-electron chi connectivity index (χ0n) is 12.9. The molecule has 0 atom stereocenters. The molecular formula is C18H10Cl2FNO3S. The maximum Gasteiger partial charge on any atom is 0.339 e. The summed E-state index contributed by atoms with van der Waals surface area (Å²) >= 11 is 12.7. The molecule has 1 heterocycles.